The first-order chi connectivity index (χ1) is 8.93. The Morgan fingerprint density at radius 1 is 1.11 bits per heavy atom. The van der Waals surface area contributed by atoms with E-state index in [-0.39, 0.29) is 6.61 Å². The van der Waals surface area contributed by atoms with Crippen LogP contribution in [0, 0.1) is 0 Å². The number of pyridine rings is 1. The fourth-order valence-corrected chi connectivity index (χ4v) is 1.68. The van der Waals surface area contributed by atoms with Crippen molar-refractivity contribution in [2.75, 3.05) is 0 Å². The molecule has 0 saturated carbocycles. The van der Waals surface area contributed by atoms with Crippen molar-refractivity contribution in [1.29, 1.82) is 0 Å². The zero-order valence-corrected chi connectivity index (χ0v) is 9.69. The summed E-state index contributed by atoms with van der Waals surface area (Å²) in [4.78, 5) is 11.8. The van der Waals surface area contributed by atoms with Crippen molar-refractivity contribution in [1.82, 2.24) is 4.57 Å². The molecule has 0 amide bonds. The van der Waals surface area contributed by atoms with Crippen LogP contribution in [-0.4, -0.2) is 9.67 Å². The van der Waals surface area contributed by atoms with E-state index in [1.807, 2.05) is 0 Å². The Kier molecular flexibility index (Phi) is 3.44. The van der Waals surface area contributed by atoms with Gasteiger partial charge in [-0.3, -0.25) is 9.36 Å². The summed E-state index contributed by atoms with van der Waals surface area (Å²) in [5, 5.41) is 8.89. The van der Waals surface area contributed by atoms with Crippen molar-refractivity contribution in [3.05, 3.63) is 64.1 Å². The zero-order valence-electron chi connectivity index (χ0n) is 9.69. The molecule has 6 heteroatoms. The maximum atomic E-state index is 12.6. The van der Waals surface area contributed by atoms with Crippen LogP contribution >= 0.6 is 0 Å². The lowest BCUT2D eigenvalue weighted by molar-refractivity contribution is -0.138. The van der Waals surface area contributed by atoms with Gasteiger partial charge in [0.25, 0.3) is 5.56 Å². The third-order valence-electron chi connectivity index (χ3n) is 2.65. The van der Waals surface area contributed by atoms with E-state index in [2.05, 4.69) is 0 Å². The van der Waals surface area contributed by atoms with Crippen LogP contribution in [0.5, 0.6) is 0 Å². The van der Waals surface area contributed by atoms with E-state index in [1.54, 1.807) is 12.1 Å². The van der Waals surface area contributed by atoms with Crippen LogP contribution in [0.4, 0.5) is 13.2 Å². The average molecular weight is 269 g/mol. The molecule has 0 saturated heterocycles. The maximum Gasteiger partial charge on any atom is 0.421 e. The highest BCUT2D eigenvalue weighted by molar-refractivity contribution is 5.36. The van der Waals surface area contributed by atoms with Gasteiger partial charge in [-0.15, -0.1) is 0 Å². The maximum absolute atomic E-state index is 12.6. The van der Waals surface area contributed by atoms with Gasteiger partial charge in [-0.2, -0.15) is 13.2 Å². The molecule has 2 rings (SSSR count). The molecule has 1 aromatic heterocycles. The van der Waals surface area contributed by atoms with Crippen LogP contribution in [0.3, 0.4) is 0 Å². The molecule has 0 atom stereocenters. The van der Waals surface area contributed by atoms with Crippen molar-refractivity contribution in [3.8, 4) is 5.69 Å². The molecule has 0 aliphatic heterocycles. The molecule has 1 aromatic carbocycles. The number of hydrogen-bond donors (Lipinski definition) is 1. The van der Waals surface area contributed by atoms with Crippen LogP contribution in [-0.2, 0) is 12.8 Å². The largest absolute Gasteiger partial charge is 0.421 e. The summed E-state index contributed by atoms with van der Waals surface area (Å²) >= 11 is 0. The summed E-state index contributed by atoms with van der Waals surface area (Å²) in [6.07, 6.45) is -3.41. The number of aromatic nitrogens is 1. The fourth-order valence-electron chi connectivity index (χ4n) is 1.68. The smallest absolute Gasteiger partial charge is 0.392 e. The van der Waals surface area contributed by atoms with E-state index >= 15 is 0 Å². The monoisotopic (exact) mass is 269 g/mol. The van der Waals surface area contributed by atoms with Crippen molar-refractivity contribution >= 4 is 0 Å². The summed E-state index contributed by atoms with van der Waals surface area (Å²) in [5.74, 6) is 0. The standard InChI is InChI=1S/C13H10F3NO2/c14-13(15,16)11-2-1-7-17(12(11)19)10-5-3-9(8-18)4-6-10/h1-7,18H,8H2. The summed E-state index contributed by atoms with van der Waals surface area (Å²) in [5.41, 5.74) is -1.40. The molecule has 0 fully saturated rings. The highest BCUT2D eigenvalue weighted by Gasteiger charge is 2.34. The zero-order chi connectivity index (χ0) is 14.0. The van der Waals surface area contributed by atoms with Gasteiger partial charge in [0.2, 0.25) is 0 Å². The predicted octanol–water partition coefficient (Wildman–Crippen LogP) is 2.35. The number of benzene rings is 1. The third kappa shape index (κ3) is 2.68. The molecule has 0 aliphatic rings. The molecule has 0 spiro atoms. The van der Waals surface area contributed by atoms with Crippen LogP contribution in [0.2, 0.25) is 0 Å². The summed E-state index contributed by atoms with van der Waals surface area (Å²) in [6.45, 7) is -0.169. The number of nitrogens with zero attached hydrogens (tertiary/aromatic N) is 1. The second-order valence-electron chi connectivity index (χ2n) is 3.92. The lowest BCUT2D eigenvalue weighted by atomic mass is 10.2. The van der Waals surface area contributed by atoms with E-state index in [9.17, 15) is 18.0 Å². The quantitative estimate of drug-likeness (QED) is 0.909. The van der Waals surface area contributed by atoms with E-state index in [0.29, 0.717) is 11.3 Å². The van der Waals surface area contributed by atoms with Gasteiger partial charge in [0.1, 0.15) is 5.56 Å². The Bertz CT molecular complexity index is 630. The van der Waals surface area contributed by atoms with E-state index < -0.39 is 17.3 Å². The number of aliphatic hydroxyl groups excluding tert-OH is 1. The Morgan fingerprint density at radius 3 is 2.26 bits per heavy atom. The normalized spacial score (nSPS) is 11.6. The lowest BCUT2D eigenvalue weighted by Crippen LogP contribution is -2.26. The van der Waals surface area contributed by atoms with E-state index in [1.165, 1.54) is 24.4 Å². The first-order valence-corrected chi connectivity index (χ1v) is 5.42. The minimum absolute atomic E-state index is 0.169. The fraction of sp³-hybridized carbons (Fsp3) is 0.154. The molecule has 1 N–H and O–H groups in total. The molecular weight excluding hydrogens is 259 g/mol. The molecule has 0 radical (unpaired) electrons. The second-order valence-corrected chi connectivity index (χ2v) is 3.92. The Morgan fingerprint density at radius 2 is 1.74 bits per heavy atom. The predicted molar refractivity (Wildman–Crippen MR) is 63.0 cm³/mol. The van der Waals surface area contributed by atoms with Crippen LogP contribution < -0.4 is 5.56 Å². The van der Waals surface area contributed by atoms with Crippen molar-refractivity contribution in [2.45, 2.75) is 12.8 Å². The summed E-state index contributed by atoms with van der Waals surface area (Å²) in [7, 11) is 0. The van der Waals surface area contributed by atoms with E-state index in [4.69, 9.17) is 5.11 Å². The average Bonchev–Trinajstić information content (AvgIpc) is 2.38. The number of rotatable bonds is 2. The number of aliphatic hydroxyl groups is 1. The number of halogens is 3. The highest BCUT2D eigenvalue weighted by Crippen LogP contribution is 2.26. The molecule has 1 heterocycles. The van der Waals surface area contributed by atoms with Crippen LogP contribution in [0.25, 0.3) is 5.69 Å². The molecule has 100 valence electrons. The Labute approximate surface area is 106 Å². The Hall–Kier alpha value is -2.08. The van der Waals surface area contributed by atoms with Crippen LogP contribution in [0.1, 0.15) is 11.1 Å². The van der Waals surface area contributed by atoms with Crippen molar-refractivity contribution < 1.29 is 18.3 Å². The van der Waals surface area contributed by atoms with Gasteiger partial charge in [0, 0.05) is 11.9 Å². The highest BCUT2D eigenvalue weighted by atomic mass is 19.4. The van der Waals surface area contributed by atoms with Gasteiger partial charge in [-0.05, 0) is 29.8 Å². The molecule has 3 nitrogen and oxygen atoms in total. The molecule has 0 bridgehead atoms. The first-order valence-electron chi connectivity index (χ1n) is 5.42. The van der Waals surface area contributed by atoms with Gasteiger partial charge in [0.05, 0.1) is 6.61 Å². The molecule has 19 heavy (non-hydrogen) atoms. The van der Waals surface area contributed by atoms with Gasteiger partial charge < -0.3 is 5.11 Å². The van der Waals surface area contributed by atoms with Gasteiger partial charge in [0.15, 0.2) is 0 Å². The van der Waals surface area contributed by atoms with Crippen molar-refractivity contribution in [3.63, 3.8) is 0 Å². The molecule has 2 aromatic rings. The topological polar surface area (TPSA) is 42.2 Å². The minimum Gasteiger partial charge on any atom is -0.392 e. The second kappa shape index (κ2) is 4.89. The van der Waals surface area contributed by atoms with Gasteiger partial charge in [-0.1, -0.05) is 12.1 Å². The molecule has 0 aliphatic carbocycles. The molecule has 0 unspecified atom stereocenters. The third-order valence-corrected chi connectivity index (χ3v) is 2.65. The molecular formula is C13H10F3NO2. The lowest BCUT2D eigenvalue weighted by Gasteiger charge is -2.10. The summed E-state index contributed by atoms with van der Waals surface area (Å²) in [6, 6.07) is 7.97. The SMILES string of the molecule is O=c1c(C(F)(F)F)cccn1-c1ccc(CO)cc1. The first kappa shape index (κ1) is 13.4. The Balaban J connectivity index is 2.54. The van der Waals surface area contributed by atoms with E-state index in [0.717, 1.165) is 10.6 Å². The minimum atomic E-state index is -4.68. The van der Waals surface area contributed by atoms with Gasteiger partial charge in [-0.25, -0.2) is 0 Å². The number of hydrogen-bond acceptors (Lipinski definition) is 2. The van der Waals surface area contributed by atoms with Crippen molar-refractivity contribution in [2.24, 2.45) is 0 Å². The summed E-state index contributed by atoms with van der Waals surface area (Å²) < 4.78 is 38.8. The van der Waals surface area contributed by atoms with Crippen LogP contribution in [0.15, 0.2) is 47.4 Å². The number of alkyl halides is 3. The van der Waals surface area contributed by atoms with Gasteiger partial charge >= 0.3 is 6.18 Å².